The molecule has 0 atom stereocenters. The highest BCUT2D eigenvalue weighted by Crippen LogP contribution is 2.39. The van der Waals surface area contributed by atoms with Gasteiger partial charge in [0.1, 0.15) is 12.3 Å². The van der Waals surface area contributed by atoms with Gasteiger partial charge in [-0.25, -0.2) is 0 Å². The minimum absolute atomic E-state index is 0. The fraction of sp³-hybridized carbons (Fsp3) is 0.440. The molecule has 0 bridgehead atoms. The van der Waals surface area contributed by atoms with Crippen LogP contribution in [-0.4, -0.2) is 22.8 Å². The standard InChI is InChI=1S/C25H32NO2.ClH/c1-18-12-11-13-19(2)24(18)28-23(27)16-7-6-10-17-26-20(3)25(4,5)21-14-8-9-15-22(21)26;/h8-9,11-15H,6-7,10,16-17H2,1-5H3;1H/q+1;/p-1. The smallest absolute Gasteiger partial charge is 0.311 e. The van der Waals surface area contributed by atoms with E-state index in [1.54, 1.807) is 0 Å². The number of para-hydroxylation sites is 2. The molecule has 156 valence electrons. The van der Waals surface area contributed by atoms with Crippen LogP contribution in [0.1, 0.15) is 63.1 Å². The van der Waals surface area contributed by atoms with Crippen molar-refractivity contribution in [1.29, 1.82) is 0 Å². The Balaban J connectivity index is 0.00000300. The van der Waals surface area contributed by atoms with Crippen molar-refractivity contribution < 1.29 is 26.5 Å². The first-order valence-electron chi connectivity index (χ1n) is 10.3. The Hall–Kier alpha value is -2.13. The largest absolute Gasteiger partial charge is 1.00 e. The number of carbonyl (C=O) groups is 1. The van der Waals surface area contributed by atoms with E-state index in [0.29, 0.717) is 12.2 Å². The quantitative estimate of drug-likeness (QED) is 0.302. The molecule has 2 aromatic rings. The van der Waals surface area contributed by atoms with Crippen molar-refractivity contribution in [3.63, 3.8) is 0 Å². The second-order valence-corrected chi connectivity index (χ2v) is 8.38. The lowest BCUT2D eigenvalue weighted by atomic mass is 9.82. The van der Waals surface area contributed by atoms with Gasteiger partial charge in [-0.1, -0.05) is 36.4 Å². The molecule has 4 heteroatoms. The Labute approximate surface area is 181 Å². The van der Waals surface area contributed by atoms with Gasteiger partial charge in [-0.3, -0.25) is 4.79 Å². The third kappa shape index (κ3) is 4.90. The van der Waals surface area contributed by atoms with E-state index in [-0.39, 0.29) is 23.8 Å². The lowest BCUT2D eigenvalue weighted by Crippen LogP contribution is -3.00. The highest BCUT2D eigenvalue weighted by Gasteiger charge is 2.42. The van der Waals surface area contributed by atoms with Crippen molar-refractivity contribution in [2.45, 2.75) is 65.7 Å². The van der Waals surface area contributed by atoms with Crippen molar-refractivity contribution in [2.24, 2.45) is 0 Å². The van der Waals surface area contributed by atoms with E-state index < -0.39 is 0 Å². The number of fused-ring (bicyclic) bond motifs is 1. The average molecular weight is 414 g/mol. The van der Waals surface area contributed by atoms with Crippen LogP contribution in [0.3, 0.4) is 0 Å². The van der Waals surface area contributed by atoms with Crippen LogP contribution in [0, 0.1) is 13.8 Å². The van der Waals surface area contributed by atoms with Gasteiger partial charge >= 0.3 is 5.97 Å². The Morgan fingerprint density at radius 2 is 1.59 bits per heavy atom. The second kappa shape index (κ2) is 9.58. The number of rotatable bonds is 7. The topological polar surface area (TPSA) is 29.3 Å². The van der Waals surface area contributed by atoms with Gasteiger partial charge in [0.15, 0.2) is 5.71 Å². The number of ether oxygens (including phenoxy) is 1. The molecule has 0 aromatic heterocycles. The van der Waals surface area contributed by atoms with Crippen molar-refractivity contribution >= 4 is 17.4 Å². The van der Waals surface area contributed by atoms with Gasteiger partial charge < -0.3 is 17.1 Å². The highest BCUT2D eigenvalue weighted by atomic mass is 35.5. The van der Waals surface area contributed by atoms with Crippen molar-refractivity contribution in [1.82, 2.24) is 0 Å². The molecule has 0 fully saturated rings. The number of unbranched alkanes of at least 4 members (excludes halogenated alkanes) is 2. The number of halogens is 1. The van der Waals surface area contributed by atoms with Crippen LogP contribution >= 0.6 is 0 Å². The molecule has 1 heterocycles. The van der Waals surface area contributed by atoms with Crippen molar-refractivity contribution in [3.05, 3.63) is 59.2 Å². The third-order valence-corrected chi connectivity index (χ3v) is 6.06. The first-order chi connectivity index (χ1) is 13.3. The predicted molar refractivity (Wildman–Crippen MR) is 115 cm³/mol. The number of hydrogen-bond acceptors (Lipinski definition) is 2. The monoisotopic (exact) mass is 413 g/mol. The molecular weight excluding hydrogens is 382 g/mol. The molecule has 29 heavy (non-hydrogen) atoms. The maximum Gasteiger partial charge on any atom is 0.311 e. The normalized spacial score (nSPS) is 14.4. The average Bonchev–Trinajstić information content (AvgIpc) is 2.85. The van der Waals surface area contributed by atoms with E-state index in [1.165, 1.54) is 17.0 Å². The van der Waals surface area contributed by atoms with Crippen LogP contribution in [-0.2, 0) is 10.2 Å². The predicted octanol–water partition coefficient (Wildman–Crippen LogP) is 2.87. The minimum Gasteiger partial charge on any atom is -1.00 e. The summed E-state index contributed by atoms with van der Waals surface area (Å²) in [7, 11) is 0. The van der Waals surface area contributed by atoms with Gasteiger partial charge in [0.25, 0.3) is 0 Å². The summed E-state index contributed by atoms with van der Waals surface area (Å²) in [4.78, 5) is 12.2. The van der Waals surface area contributed by atoms with Gasteiger partial charge in [0, 0.05) is 31.4 Å². The van der Waals surface area contributed by atoms with Crippen LogP contribution in [0.25, 0.3) is 0 Å². The summed E-state index contributed by atoms with van der Waals surface area (Å²) in [5, 5.41) is 0. The van der Waals surface area contributed by atoms with Crippen molar-refractivity contribution in [2.75, 3.05) is 6.54 Å². The van der Waals surface area contributed by atoms with E-state index >= 15 is 0 Å². The fourth-order valence-corrected chi connectivity index (χ4v) is 4.08. The van der Waals surface area contributed by atoms with Gasteiger partial charge in [0.2, 0.25) is 5.69 Å². The molecule has 2 aromatic carbocycles. The van der Waals surface area contributed by atoms with Crippen LogP contribution in [0.15, 0.2) is 42.5 Å². The number of esters is 1. The summed E-state index contributed by atoms with van der Waals surface area (Å²) < 4.78 is 8.04. The second-order valence-electron chi connectivity index (χ2n) is 8.38. The van der Waals surface area contributed by atoms with Crippen molar-refractivity contribution in [3.8, 4) is 5.75 Å². The summed E-state index contributed by atoms with van der Waals surface area (Å²) >= 11 is 0. The van der Waals surface area contributed by atoms with E-state index in [2.05, 4.69) is 49.6 Å². The summed E-state index contributed by atoms with van der Waals surface area (Å²) in [5.74, 6) is 0.585. The van der Waals surface area contributed by atoms with Crippen LogP contribution in [0.4, 0.5) is 5.69 Å². The maximum absolute atomic E-state index is 12.2. The fourth-order valence-electron chi connectivity index (χ4n) is 4.08. The Kier molecular flexibility index (Phi) is 7.65. The summed E-state index contributed by atoms with van der Waals surface area (Å²) in [6, 6.07) is 14.6. The van der Waals surface area contributed by atoms with Gasteiger partial charge in [-0.05, 0) is 51.7 Å². The highest BCUT2D eigenvalue weighted by molar-refractivity contribution is 5.93. The zero-order chi connectivity index (χ0) is 20.3. The van der Waals surface area contributed by atoms with Gasteiger partial charge in [-0.2, -0.15) is 4.58 Å². The maximum atomic E-state index is 12.2. The molecule has 3 nitrogen and oxygen atoms in total. The van der Waals surface area contributed by atoms with E-state index in [1.807, 2.05) is 32.0 Å². The molecule has 3 rings (SSSR count). The third-order valence-electron chi connectivity index (χ3n) is 6.06. The number of aryl methyl sites for hydroxylation is 2. The SMILES string of the molecule is CC1=[N+](CCCCCC(=O)Oc2c(C)cccc2C)c2ccccc2C1(C)C.[Cl-]. The number of benzene rings is 2. The number of carbonyl (C=O) groups excluding carboxylic acids is 1. The zero-order valence-electron chi connectivity index (χ0n) is 18.2. The number of hydrogen-bond donors (Lipinski definition) is 0. The van der Waals surface area contributed by atoms with E-state index in [4.69, 9.17) is 4.74 Å². The molecule has 0 radical (unpaired) electrons. The van der Waals surface area contributed by atoms with Crippen LogP contribution in [0.2, 0.25) is 0 Å². The molecule has 0 unspecified atom stereocenters. The van der Waals surface area contributed by atoms with E-state index in [0.717, 1.165) is 36.9 Å². The summed E-state index contributed by atoms with van der Waals surface area (Å²) in [6.07, 6.45) is 3.42. The lowest BCUT2D eigenvalue weighted by molar-refractivity contribution is -0.439. The molecule has 1 aliphatic heterocycles. The zero-order valence-corrected chi connectivity index (χ0v) is 19.0. The van der Waals surface area contributed by atoms with E-state index in [9.17, 15) is 4.79 Å². The molecule has 0 aliphatic carbocycles. The molecule has 1 aliphatic rings. The van der Waals surface area contributed by atoms with Gasteiger partial charge in [0.05, 0.1) is 5.41 Å². The molecule has 0 saturated heterocycles. The number of nitrogens with zero attached hydrogens (tertiary/aromatic N) is 1. The molecule has 0 amide bonds. The molecule has 0 saturated carbocycles. The summed E-state index contributed by atoms with van der Waals surface area (Å²) in [5.41, 5.74) is 6.25. The summed E-state index contributed by atoms with van der Waals surface area (Å²) in [6.45, 7) is 11.8. The van der Waals surface area contributed by atoms with Crippen LogP contribution < -0.4 is 17.1 Å². The Morgan fingerprint density at radius 3 is 2.28 bits per heavy atom. The molecule has 0 spiro atoms. The minimum atomic E-state index is -0.132. The first-order valence-corrected chi connectivity index (χ1v) is 10.3. The Bertz CT molecular complexity index is 895. The van der Waals surface area contributed by atoms with Gasteiger partial charge in [-0.15, -0.1) is 0 Å². The first kappa shape index (κ1) is 23.2. The molecule has 0 N–H and O–H groups in total. The van der Waals surface area contributed by atoms with Crippen LogP contribution in [0.5, 0.6) is 5.75 Å². The molecular formula is C25H32ClNO2. The Morgan fingerprint density at radius 1 is 0.931 bits per heavy atom. The lowest BCUT2D eigenvalue weighted by Gasteiger charge is -2.14.